The van der Waals surface area contributed by atoms with Crippen molar-refractivity contribution in [2.45, 2.75) is 6.42 Å². The summed E-state index contributed by atoms with van der Waals surface area (Å²) in [6.45, 7) is 0. The van der Waals surface area contributed by atoms with Crippen LogP contribution in [-0.2, 0) is 6.42 Å². The van der Waals surface area contributed by atoms with Gasteiger partial charge in [-0.25, -0.2) is 8.78 Å². The van der Waals surface area contributed by atoms with E-state index in [9.17, 15) is 8.78 Å². The molecule has 0 unspecified atom stereocenters. The summed E-state index contributed by atoms with van der Waals surface area (Å²) >= 11 is 5.26. The summed E-state index contributed by atoms with van der Waals surface area (Å²) in [5.41, 5.74) is 0.115. The van der Waals surface area contributed by atoms with E-state index < -0.39 is 16.7 Å². The maximum atomic E-state index is 12.9. The Morgan fingerprint density at radius 2 is 2.08 bits per heavy atom. The molecule has 1 nitrogen and oxygen atoms in total. The average molecular weight is 188 g/mol. The van der Waals surface area contributed by atoms with E-state index in [4.69, 9.17) is 16.9 Å². The van der Waals surface area contributed by atoms with Gasteiger partial charge in [-0.3, -0.25) is 0 Å². The van der Waals surface area contributed by atoms with Crippen molar-refractivity contribution in [1.29, 1.82) is 5.26 Å². The predicted octanol–water partition coefficient (Wildman–Crippen LogP) is 2.68. The highest BCUT2D eigenvalue weighted by Gasteiger charge is 2.10. The van der Waals surface area contributed by atoms with Crippen molar-refractivity contribution in [3.05, 3.63) is 34.4 Å². The number of hydrogen-bond donors (Lipinski definition) is 0. The second-order valence-electron chi connectivity index (χ2n) is 2.17. The minimum atomic E-state index is -0.849. The van der Waals surface area contributed by atoms with Gasteiger partial charge in [0, 0.05) is 5.56 Å². The normalized spacial score (nSPS) is 9.50. The van der Waals surface area contributed by atoms with Gasteiger partial charge in [-0.2, -0.15) is 5.26 Å². The lowest BCUT2D eigenvalue weighted by atomic mass is 10.1. The molecule has 0 heterocycles. The van der Waals surface area contributed by atoms with Gasteiger partial charge in [0.25, 0.3) is 0 Å². The van der Waals surface area contributed by atoms with Gasteiger partial charge in [0.2, 0.25) is 0 Å². The van der Waals surface area contributed by atoms with E-state index in [0.29, 0.717) is 0 Å². The summed E-state index contributed by atoms with van der Waals surface area (Å²) in [5, 5.41) is 7.70. The standard InChI is InChI=1S/C8H4ClF2N/c9-7-6(10)2-1-5(3-4-12)8(7)11/h1-2H,3H2. The molecule has 62 valence electrons. The van der Waals surface area contributed by atoms with Gasteiger partial charge >= 0.3 is 0 Å². The van der Waals surface area contributed by atoms with Crippen LogP contribution in [0, 0.1) is 23.0 Å². The van der Waals surface area contributed by atoms with E-state index in [1.165, 1.54) is 6.07 Å². The highest BCUT2D eigenvalue weighted by Crippen LogP contribution is 2.21. The molecule has 0 aromatic heterocycles. The number of hydrogen-bond acceptors (Lipinski definition) is 1. The van der Waals surface area contributed by atoms with Crippen molar-refractivity contribution >= 4 is 11.6 Å². The molecule has 0 aliphatic carbocycles. The van der Waals surface area contributed by atoms with Gasteiger partial charge in [0.05, 0.1) is 12.5 Å². The van der Waals surface area contributed by atoms with Crippen LogP contribution in [-0.4, -0.2) is 0 Å². The van der Waals surface area contributed by atoms with Gasteiger partial charge in [0.1, 0.15) is 16.7 Å². The Hall–Kier alpha value is -1.14. The second-order valence-corrected chi connectivity index (χ2v) is 2.55. The minimum Gasteiger partial charge on any atom is -0.205 e. The quantitative estimate of drug-likeness (QED) is 0.620. The third-order valence-corrected chi connectivity index (χ3v) is 1.73. The van der Waals surface area contributed by atoms with Crippen LogP contribution in [0.3, 0.4) is 0 Å². The first-order valence-corrected chi connectivity index (χ1v) is 3.54. The molecule has 1 aromatic rings. The number of nitriles is 1. The molecule has 0 aliphatic heterocycles. The van der Waals surface area contributed by atoms with Gasteiger partial charge in [-0.15, -0.1) is 0 Å². The molecule has 4 heteroatoms. The summed E-state index contributed by atoms with van der Waals surface area (Å²) in [4.78, 5) is 0. The van der Waals surface area contributed by atoms with E-state index >= 15 is 0 Å². The molecule has 12 heavy (non-hydrogen) atoms. The fraction of sp³-hybridized carbons (Fsp3) is 0.125. The molecule has 1 rings (SSSR count). The first kappa shape index (κ1) is 8.95. The minimum absolute atomic E-state index is 0.105. The van der Waals surface area contributed by atoms with E-state index in [1.54, 1.807) is 6.07 Å². The van der Waals surface area contributed by atoms with Crippen LogP contribution in [0.4, 0.5) is 8.78 Å². The molecule has 0 saturated heterocycles. The summed E-state index contributed by atoms with van der Waals surface area (Å²) in [6, 6.07) is 4.00. The fourth-order valence-corrected chi connectivity index (χ4v) is 0.972. The average Bonchev–Trinajstić information content (AvgIpc) is 2.07. The monoisotopic (exact) mass is 187 g/mol. The fourth-order valence-electron chi connectivity index (χ4n) is 0.788. The molecule has 0 radical (unpaired) electrons. The zero-order chi connectivity index (χ0) is 9.14. The van der Waals surface area contributed by atoms with Crippen LogP contribution in [0.15, 0.2) is 12.1 Å². The SMILES string of the molecule is N#CCc1ccc(F)c(Cl)c1F. The highest BCUT2D eigenvalue weighted by atomic mass is 35.5. The maximum Gasteiger partial charge on any atom is 0.149 e. The number of rotatable bonds is 1. The molecular formula is C8H4ClF2N. The molecule has 0 N–H and O–H groups in total. The molecular weight excluding hydrogens is 184 g/mol. The summed E-state index contributed by atoms with van der Waals surface area (Å²) in [6.07, 6.45) is -0.105. The molecule has 0 aliphatic rings. The molecule has 0 spiro atoms. The predicted molar refractivity (Wildman–Crippen MR) is 40.7 cm³/mol. The second kappa shape index (κ2) is 3.51. The van der Waals surface area contributed by atoms with E-state index in [0.717, 1.165) is 6.07 Å². The van der Waals surface area contributed by atoms with Gasteiger partial charge in [0.15, 0.2) is 0 Å². The number of benzene rings is 1. The lowest BCUT2D eigenvalue weighted by Crippen LogP contribution is -1.91. The van der Waals surface area contributed by atoms with Crippen LogP contribution < -0.4 is 0 Å². The Kier molecular flexibility index (Phi) is 2.61. The lowest BCUT2D eigenvalue weighted by Gasteiger charge is -2.00. The van der Waals surface area contributed by atoms with E-state index in [1.807, 2.05) is 0 Å². The van der Waals surface area contributed by atoms with Crippen molar-refractivity contribution in [3.63, 3.8) is 0 Å². The van der Waals surface area contributed by atoms with Gasteiger partial charge in [-0.1, -0.05) is 17.7 Å². The first-order valence-electron chi connectivity index (χ1n) is 3.16. The molecule has 0 atom stereocenters. The van der Waals surface area contributed by atoms with Gasteiger partial charge < -0.3 is 0 Å². The molecule has 0 bridgehead atoms. The smallest absolute Gasteiger partial charge is 0.149 e. The largest absolute Gasteiger partial charge is 0.205 e. The summed E-state index contributed by atoms with van der Waals surface area (Å²) in [5.74, 6) is -1.66. The Morgan fingerprint density at radius 1 is 1.42 bits per heavy atom. The van der Waals surface area contributed by atoms with Crippen LogP contribution >= 0.6 is 11.6 Å². The van der Waals surface area contributed by atoms with Crippen molar-refractivity contribution in [2.24, 2.45) is 0 Å². The first-order chi connectivity index (χ1) is 5.66. The summed E-state index contributed by atoms with van der Waals surface area (Å²) in [7, 11) is 0. The van der Waals surface area contributed by atoms with Crippen molar-refractivity contribution in [3.8, 4) is 6.07 Å². The Morgan fingerprint density at radius 3 is 2.67 bits per heavy atom. The van der Waals surface area contributed by atoms with Crippen LogP contribution in [0.5, 0.6) is 0 Å². The zero-order valence-corrected chi connectivity index (χ0v) is 6.70. The third-order valence-electron chi connectivity index (χ3n) is 1.38. The topological polar surface area (TPSA) is 23.8 Å². The van der Waals surface area contributed by atoms with Crippen molar-refractivity contribution in [1.82, 2.24) is 0 Å². The van der Waals surface area contributed by atoms with Crippen LogP contribution in [0.25, 0.3) is 0 Å². The molecule has 0 fully saturated rings. The Balaban J connectivity index is 3.19. The maximum absolute atomic E-state index is 12.9. The van der Waals surface area contributed by atoms with Gasteiger partial charge in [-0.05, 0) is 6.07 Å². The van der Waals surface area contributed by atoms with Crippen LogP contribution in [0.1, 0.15) is 5.56 Å². The van der Waals surface area contributed by atoms with Crippen molar-refractivity contribution in [2.75, 3.05) is 0 Å². The molecule has 0 saturated carbocycles. The van der Waals surface area contributed by atoms with Crippen molar-refractivity contribution < 1.29 is 8.78 Å². The highest BCUT2D eigenvalue weighted by molar-refractivity contribution is 6.30. The Bertz CT molecular complexity index is 344. The molecule has 0 amide bonds. The zero-order valence-electron chi connectivity index (χ0n) is 5.94. The lowest BCUT2D eigenvalue weighted by molar-refractivity contribution is 0.576. The Labute approximate surface area is 73.2 Å². The van der Waals surface area contributed by atoms with E-state index in [2.05, 4.69) is 0 Å². The summed E-state index contributed by atoms with van der Waals surface area (Å²) < 4.78 is 25.5. The van der Waals surface area contributed by atoms with E-state index in [-0.39, 0.29) is 12.0 Å². The molecule has 1 aromatic carbocycles. The van der Waals surface area contributed by atoms with Crippen LogP contribution in [0.2, 0.25) is 5.02 Å². The number of nitrogens with zero attached hydrogens (tertiary/aromatic N) is 1. The third kappa shape index (κ3) is 1.54. The number of halogens is 3.